The van der Waals surface area contributed by atoms with Crippen molar-refractivity contribution in [1.29, 1.82) is 0 Å². The van der Waals surface area contributed by atoms with Crippen molar-refractivity contribution >= 4 is 28.4 Å². The average Bonchev–Trinajstić information content (AvgIpc) is 3.12. The molecule has 1 N–H and O–H groups in total. The Kier molecular flexibility index (Phi) is 4.96. The average molecular weight is 382 g/mol. The molecule has 0 fully saturated rings. The van der Waals surface area contributed by atoms with Gasteiger partial charge < -0.3 is 19.7 Å². The van der Waals surface area contributed by atoms with Crippen LogP contribution < -0.4 is 19.7 Å². The maximum Gasteiger partial charge on any atom is 0.246 e. The summed E-state index contributed by atoms with van der Waals surface area (Å²) in [6.07, 6.45) is 3.22. The first-order valence-electron chi connectivity index (χ1n) is 9.30. The molecule has 3 heterocycles. The topological polar surface area (TPSA) is 94.4 Å². The van der Waals surface area contributed by atoms with Crippen molar-refractivity contribution in [2.45, 2.75) is 20.4 Å². The number of hydrogen-bond donors (Lipinski definition) is 1. The fourth-order valence-electron chi connectivity index (χ4n) is 3.23. The van der Waals surface area contributed by atoms with E-state index in [1.807, 2.05) is 0 Å². The summed E-state index contributed by atoms with van der Waals surface area (Å²) in [5.74, 6) is 1.94. The zero-order chi connectivity index (χ0) is 19.5. The largest absolute Gasteiger partial charge is 0.486 e. The van der Waals surface area contributed by atoms with Crippen LogP contribution in [0.1, 0.15) is 13.8 Å². The second-order valence-corrected chi connectivity index (χ2v) is 6.32. The van der Waals surface area contributed by atoms with Gasteiger partial charge in [0, 0.05) is 24.8 Å². The van der Waals surface area contributed by atoms with Gasteiger partial charge >= 0.3 is 0 Å². The normalized spacial score (nSPS) is 12.8. The van der Waals surface area contributed by atoms with Gasteiger partial charge in [0.1, 0.15) is 31.9 Å². The van der Waals surface area contributed by atoms with E-state index in [2.05, 4.69) is 39.1 Å². The van der Waals surface area contributed by atoms with Gasteiger partial charge in [0.2, 0.25) is 5.91 Å². The molecule has 1 aliphatic rings. The molecule has 9 nitrogen and oxygen atoms in total. The first-order chi connectivity index (χ1) is 13.7. The number of benzene rings is 1. The third-order valence-corrected chi connectivity index (χ3v) is 4.59. The van der Waals surface area contributed by atoms with Gasteiger partial charge in [0.25, 0.3) is 0 Å². The molecule has 3 aromatic rings. The zero-order valence-electron chi connectivity index (χ0n) is 15.9. The maximum absolute atomic E-state index is 12.5. The summed E-state index contributed by atoms with van der Waals surface area (Å²) in [6.45, 7) is 6.88. The second kappa shape index (κ2) is 7.71. The second-order valence-electron chi connectivity index (χ2n) is 6.32. The van der Waals surface area contributed by atoms with Crippen molar-refractivity contribution in [1.82, 2.24) is 19.7 Å². The summed E-state index contributed by atoms with van der Waals surface area (Å²) < 4.78 is 12.6. The van der Waals surface area contributed by atoms with E-state index in [0.717, 1.165) is 24.3 Å². The highest BCUT2D eigenvalue weighted by molar-refractivity contribution is 5.93. The van der Waals surface area contributed by atoms with E-state index in [0.29, 0.717) is 36.0 Å². The molecule has 0 atom stereocenters. The van der Waals surface area contributed by atoms with Gasteiger partial charge in [-0.25, -0.2) is 14.6 Å². The molecule has 9 heteroatoms. The summed E-state index contributed by atoms with van der Waals surface area (Å²) in [5.41, 5.74) is 1.28. The first-order valence-corrected chi connectivity index (χ1v) is 9.30. The van der Waals surface area contributed by atoms with E-state index in [9.17, 15) is 4.79 Å². The van der Waals surface area contributed by atoms with Crippen LogP contribution >= 0.6 is 0 Å². The quantitative estimate of drug-likeness (QED) is 0.697. The lowest BCUT2D eigenvalue weighted by atomic mass is 10.2. The molecule has 2 aromatic heterocycles. The Morgan fingerprint density at radius 1 is 1.18 bits per heavy atom. The minimum atomic E-state index is -0.204. The standard InChI is InChI=1S/C19H22N6O3/c1-3-24(4-2)18-14-10-22-25(19(14)21-12-20-18)11-17(26)23-13-5-6-15-16(9-13)28-8-7-27-15/h5-6,9-10,12H,3-4,7-8,11H2,1-2H3,(H,23,26). The number of anilines is 2. The molecular formula is C19H22N6O3. The van der Waals surface area contributed by atoms with Crippen LogP contribution in [0.3, 0.4) is 0 Å². The van der Waals surface area contributed by atoms with Gasteiger partial charge in [-0.1, -0.05) is 0 Å². The first kappa shape index (κ1) is 18.0. The Labute approximate surface area is 162 Å². The van der Waals surface area contributed by atoms with Crippen LogP contribution in [-0.4, -0.2) is 52.0 Å². The molecule has 0 saturated heterocycles. The highest BCUT2D eigenvalue weighted by Crippen LogP contribution is 2.32. The molecule has 146 valence electrons. The van der Waals surface area contributed by atoms with E-state index in [1.54, 1.807) is 29.1 Å². The van der Waals surface area contributed by atoms with Gasteiger partial charge in [-0.15, -0.1) is 0 Å². The summed E-state index contributed by atoms with van der Waals surface area (Å²) in [5, 5.41) is 8.04. The van der Waals surface area contributed by atoms with E-state index < -0.39 is 0 Å². The van der Waals surface area contributed by atoms with E-state index >= 15 is 0 Å². The van der Waals surface area contributed by atoms with Crippen LogP contribution in [-0.2, 0) is 11.3 Å². The molecule has 0 bridgehead atoms. The molecule has 4 rings (SSSR count). The minimum Gasteiger partial charge on any atom is -0.486 e. The van der Waals surface area contributed by atoms with Crippen LogP contribution in [0.2, 0.25) is 0 Å². The lowest BCUT2D eigenvalue weighted by Crippen LogP contribution is -2.23. The summed E-state index contributed by atoms with van der Waals surface area (Å²) in [4.78, 5) is 23.4. The van der Waals surface area contributed by atoms with Crippen LogP contribution in [0, 0.1) is 0 Å². The van der Waals surface area contributed by atoms with Gasteiger partial charge in [-0.05, 0) is 26.0 Å². The van der Waals surface area contributed by atoms with Crippen molar-refractivity contribution in [3.05, 3.63) is 30.7 Å². The van der Waals surface area contributed by atoms with Gasteiger partial charge in [0.15, 0.2) is 17.1 Å². The van der Waals surface area contributed by atoms with Crippen molar-refractivity contribution < 1.29 is 14.3 Å². The van der Waals surface area contributed by atoms with Crippen LogP contribution in [0.4, 0.5) is 11.5 Å². The van der Waals surface area contributed by atoms with Gasteiger partial charge in [-0.3, -0.25) is 4.79 Å². The highest BCUT2D eigenvalue weighted by atomic mass is 16.6. The molecule has 0 unspecified atom stereocenters. The van der Waals surface area contributed by atoms with Crippen molar-refractivity contribution in [3.8, 4) is 11.5 Å². The number of aromatic nitrogens is 4. The smallest absolute Gasteiger partial charge is 0.246 e. The maximum atomic E-state index is 12.5. The van der Waals surface area contributed by atoms with E-state index in [1.165, 1.54) is 6.33 Å². The highest BCUT2D eigenvalue weighted by Gasteiger charge is 2.16. The molecule has 1 aromatic carbocycles. The molecule has 0 radical (unpaired) electrons. The number of rotatable bonds is 6. The molecular weight excluding hydrogens is 360 g/mol. The molecule has 28 heavy (non-hydrogen) atoms. The van der Waals surface area contributed by atoms with Gasteiger partial charge in [-0.2, -0.15) is 5.10 Å². The van der Waals surface area contributed by atoms with Crippen LogP contribution in [0.5, 0.6) is 11.5 Å². The van der Waals surface area contributed by atoms with Gasteiger partial charge in [0.05, 0.1) is 11.6 Å². The number of hydrogen-bond acceptors (Lipinski definition) is 7. The summed E-state index contributed by atoms with van der Waals surface area (Å²) >= 11 is 0. The SMILES string of the molecule is CCN(CC)c1ncnc2c1cnn2CC(=O)Nc1ccc2c(c1)OCCO2. The van der Waals surface area contributed by atoms with Crippen molar-refractivity contribution in [3.63, 3.8) is 0 Å². The predicted molar refractivity (Wildman–Crippen MR) is 105 cm³/mol. The Morgan fingerprint density at radius 3 is 2.75 bits per heavy atom. The lowest BCUT2D eigenvalue weighted by Gasteiger charge is -2.19. The van der Waals surface area contributed by atoms with E-state index in [4.69, 9.17) is 9.47 Å². The fourth-order valence-corrected chi connectivity index (χ4v) is 3.23. The Balaban J connectivity index is 1.52. The molecule has 0 spiro atoms. The summed E-state index contributed by atoms with van der Waals surface area (Å²) in [7, 11) is 0. The fraction of sp³-hybridized carbons (Fsp3) is 0.368. The predicted octanol–water partition coefficient (Wildman–Crippen LogP) is 2.08. The zero-order valence-corrected chi connectivity index (χ0v) is 15.9. The Morgan fingerprint density at radius 2 is 1.96 bits per heavy atom. The third-order valence-electron chi connectivity index (χ3n) is 4.59. The molecule has 0 saturated carbocycles. The molecule has 1 amide bonds. The number of nitrogens with zero attached hydrogens (tertiary/aromatic N) is 5. The monoisotopic (exact) mass is 382 g/mol. The lowest BCUT2D eigenvalue weighted by molar-refractivity contribution is -0.116. The Hall–Kier alpha value is -3.36. The number of nitrogens with one attached hydrogen (secondary N) is 1. The molecule has 0 aliphatic carbocycles. The Bertz CT molecular complexity index is 998. The minimum absolute atomic E-state index is 0.0483. The third kappa shape index (κ3) is 3.42. The summed E-state index contributed by atoms with van der Waals surface area (Å²) in [6, 6.07) is 5.33. The van der Waals surface area contributed by atoms with E-state index in [-0.39, 0.29) is 12.5 Å². The van der Waals surface area contributed by atoms with Crippen molar-refractivity contribution in [2.75, 3.05) is 36.5 Å². The van der Waals surface area contributed by atoms with Crippen molar-refractivity contribution in [2.24, 2.45) is 0 Å². The van der Waals surface area contributed by atoms with Crippen LogP contribution in [0.25, 0.3) is 11.0 Å². The number of carbonyl (C=O) groups excluding carboxylic acids is 1. The van der Waals surface area contributed by atoms with Crippen LogP contribution in [0.15, 0.2) is 30.7 Å². The number of fused-ring (bicyclic) bond motifs is 2. The molecule has 1 aliphatic heterocycles. The number of amides is 1. The number of carbonyl (C=O) groups is 1. The number of ether oxygens (including phenoxy) is 2.